The molecule has 148 valence electrons. The van der Waals surface area contributed by atoms with Gasteiger partial charge in [0.05, 0.1) is 0 Å². The summed E-state index contributed by atoms with van der Waals surface area (Å²) >= 11 is 0. The lowest BCUT2D eigenvalue weighted by Gasteiger charge is -2.42. The minimum Gasteiger partial charge on any atom is -0.372 e. The molecule has 0 N–H and O–H groups in total. The third kappa shape index (κ3) is 5.22. The molecule has 0 aromatic heterocycles. The largest absolute Gasteiger partial charge is 0.372 e. The summed E-state index contributed by atoms with van der Waals surface area (Å²) in [4.78, 5) is 5.12. The van der Waals surface area contributed by atoms with Crippen LogP contribution in [0.5, 0.6) is 0 Å². The zero-order valence-corrected chi connectivity index (χ0v) is 17.5. The normalized spacial score (nSPS) is 19.7. The lowest BCUT2D eigenvalue weighted by molar-refractivity contribution is 0.117. The van der Waals surface area contributed by atoms with E-state index < -0.39 is 0 Å². The van der Waals surface area contributed by atoms with Gasteiger partial charge in [-0.25, -0.2) is 4.39 Å². The molecule has 1 unspecified atom stereocenters. The summed E-state index contributed by atoms with van der Waals surface area (Å²) < 4.78 is 13.3. The average Bonchev–Trinajstić information content (AvgIpc) is 3.45. The zero-order valence-electron chi connectivity index (χ0n) is 17.5. The third-order valence-electron chi connectivity index (χ3n) is 6.11. The van der Waals surface area contributed by atoms with Crippen molar-refractivity contribution in [1.29, 1.82) is 0 Å². The van der Waals surface area contributed by atoms with Crippen molar-refractivity contribution in [3.05, 3.63) is 59.6 Å². The van der Waals surface area contributed by atoms with Crippen LogP contribution in [-0.2, 0) is 5.41 Å². The van der Waals surface area contributed by atoms with Gasteiger partial charge in [-0.1, -0.05) is 44.2 Å². The lowest BCUT2D eigenvalue weighted by atomic mass is 9.78. The van der Waals surface area contributed by atoms with Crippen LogP contribution in [0.2, 0.25) is 0 Å². The van der Waals surface area contributed by atoms with Crippen LogP contribution in [0.3, 0.4) is 0 Å². The number of hydrogen-bond donors (Lipinski definition) is 0. The van der Waals surface area contributed by atoms with E-state index in [0.29, 0.717) is 6.04 Å². The highest BCUT2D eigenvalue weighted by molar-refractivity contribution is 5.25. The number of nitrogens with zero attached hydrogens (tertiary/aromatic N) is 2. The van der Waals surface area contributed by atoms with Gasteiger partial charge in [-0.15, -0.1) is 0 Å². The van der Waals surface area contributed by atoms with Gasteiger partial charge in [0.1, 0.15) is 5.82 Å². The van der Waals surface area contributed by atoms with Crippen LogP contribution in [-0.4, -0.2) is 42.0 Å². The molecule has 2 aliphatic rings. The molecule has 3 rings (SSSR count). The Kier molecular flexibility index (Phi) is 6.10. The van der Waals surface area contributed by atoms with Crippen LogP contribution in [0, 0.1) is 11.7 Å². The van der Waals surface area contributed by atoms with Crippen molar-refractivity contribution >= 4 is 0 Å². The fourth-order valence-electron chi connectivity index (χ4n) is 4.24. The summed E-state index contributed by atoms with van der Waals surface area (Å²) in [5.74, 6) is 0.588. The molecular weight excluding hydrogens is 335 g/mol. The van der Waals surface area contributed by atoms with Gasteiger partial charge < -0.3 is 4.90 Å². The molecular formula is C24H35FN2. The van der Waals surface area contributed by atoms with Crippen molar-refractivity contribution in [3.8, 4) is 0 Å². The quantitative estimate of drug-likeness (QED) is 0.595. The van der Waals surface area contributed by atoms with Gasteiger partial charge in [0.2, 0.25) is 0 Å². The maximum absolute atomic E-state index is 13.3. The number of benzene rings is 1. The highest BCUT2D eigenvalue weighted by Gasteiger charge is 2.33. The van der Waals surface area contributed by atoms with Gasteiger partial charge in [0.15, 0.2) is 0 Å². The zero-order chi connectivity index (χ0) is 19.6. The van der Waals surface area contributed by atoms with E-state index in [0.717, 1.165) is 38.5 Å². The second kappa shape index (κ2) is 8.18. The Labute approximate surface area is 164 Å². The van der Waals surface area contributed by atoms with Crippen LogP contribution in [0.15, 0.2) is 48.2 Å². The number of piperazine rings is 1. The van der Waals surface area contributed by atoms with Crippen molar-refractivity contribution in [1.82, 2.24) is 9.80 Å². The summed E-state index contributed by atoms with van der Waals surface area (Å²) in [5.41, 5.74) is 3.93. The number of rotatable bonds is 7. The molecule has 1 aromatic rings. The van der Waals surface area contributed by atoms with E-state index in [1.807, 2.05) is 12.1 Å². The summed E-state index contributed by atoms with van der Waals surface area (Å²) in [6, 6.07) is 7.44. The topological polar surface area (TPSA) is 6.48 Å². The second-order valence-electron chi connectivity index (χ2n) is 9.19. The highest BCUT2D eigenvalue weighted by Crippen LogP contribution is 2.38. The second-order valence-corrected chi connectivity index (χ2v) is 9.19. The van der Waals surface area contributed by atoms with Gasteiger partial charge in [-0.05, 0) is 62.1 Å². The number of allylic oxidation sites excluding steroid dienone is 2. The molecule has 1 atom stereocenters. The molecule has 27 heavy (non-hydrogen) atoms. The number of halogens is 1. The first-order valence-electron chi connectivity index (χ1n) is 10.3. The molecule has 2 nitrogen and oxygen atoms in total. The Morgan fingerprint density at radius 1 is 1.15 bits per heavy atom. The molecule has 3 heteroatoms. The fourth-order valence-corrected chi connectivity index (χ4v) is 4.24. The number of hydrogen-bond acceptors (Lipinski definition) is 2. The first-order chi connectivity index (χ1) is 12.8. The van der Waals surface area contributed by atoms with Gasteiger partial charge >= 0.3 is 0 Å². The first-order valence-corrected chi connectivity index (χ1v) is 10.3. The Morgan fingerprint density at radius 3 is 2.26 bits per heavy atom. The molecule has 2 fully saturated rings. The molecule has 1 saturated heterocycles. The Hall–Kier alpha value is -1.61. The molecule has 0 radical (unpaired) electrons. The van der Waals surface area contributed by atoms with E-state index in [9.17, 15) is 4.39 Å². The first kappa shape index (κ1) is 20.1. The molecule has 1 aliphatic carbocycles. The van der Waals surface area contributed by atoms with Gasteiger partial charge in [-0.2, -0.15) is 0 Å². The van der Waals surface area contributed by atoms with E-state index >= 15 is 0 Å². The Morgan fingerprint density at radius 2 is 1.74 bits per heavy atom. The highest BCUT2D eigenvalue weighted by atomic mass is 19.1. The lowest BCUT2D eigenvalue weighted by Crippen LogP contribution is -2.50. The molecule has 0 amide bonds. The Balaban J connectivity index is 1.68. The van der Waals surface area contributed by atoms with E-state index in [4.69, 9.17) is 0 Å². The molecule has 1 saturated carbocycles. The maximum atomic E-state index is 13.3. The van der Waals surface area contributed by atoms with Crippen LogP contribution in [0.25, 0.3) is 0 Å². The van der Waals surface area contributed by atoms with Crippen molar-refractivity contribution in [3.63, 3.8) is 0 Å². The van der Waals surface area contributed by atoms with Gasteiger partial charge in [-0.3, -0.25) is 4.90 Å². The van der Waals surface area contributed by atoms with Crippen LogP contribution in [0.4, 0.5) is 4.39 Å². The molecule has 0 spiro atoms. The molecule has 1 heterocycles. The summed E-state index contributed by atoms with van der Waals surface area (Å²) in [5, 5.41) is 0. The standard InChI is InChI=1S/C24H35FN2/c1-18(2)16-23(17-24(4,5)21-8-10-22(25)11-9-21)27-14-12-26(13-15-27)19(3)20-6-7-20/h8-11,16,20,23H,3,6-7,12-15,17H2,1-2,4-5H3. The van der Waals surface area contributed by atoms with E-state index in [1.165, 1.54) is 29.7 Å². The van der Waals surface area contributed by atoms with Crippen molar-refractivity contribution < 1.29 is 4.39 Å². The molecule has 1 aliphatic heterocycles. The predicted molar refractivity (Wildman–Crippen MR) is 112 cm³/mol. The molecule has 1 aromatic carbocycles. The summed E-state index contributed by atoms with van der Waals surface area (Å²) in [6.45, 7) is 17.6. The van der Waals surface area contributed by atoms with Gasteiger partial charge in [0.25, 0.3) is 0 Å². The minimum absolute atomic E-state index is 0.000932. The smallest absolute Gasteiger partial charge is 0.123 e. The van der Waals surface area contributed by atoms with E-state index in [2.05, 4.69) is 50.1 Å². The van der Waals surface area contributed by atoms with E-state index in [-0.39, 0.29) is 11.2 Å². The maximum Gasteiger partial charge on any atom is 0.123 e. The Bertz CT molecular complexity index is 673. The SMILES string of the molecule is C=C(C1CC1)N1CCN(C(C=C(C)C)CC(C)(C)c2ccc(F)cc2)CC1. The molecule has 0 bridgehead atoms. The van der Waals surface area contributed by atoms with Crippen molar-refractivity contribution in [2.75, 3.05) is 26.2 Å². The average molecular weight is 371 g/mol. The van der Waals surface area contributed by atoms with Crippen LogP contribution < -0.4 is 0 Å². The van der Waals surface area contributed by atoms with Crippen LogP contribution >= 0.6 is 0 Å². The van der Waals surface area contributed by atoms with Crippen molar-refractivity contribution in [2.45, 2.75) is 58.4 Å². The summed E-state index contributed by atoms with van der Waals surface area (Å²) in [6.07, 6.45) is 6.10. The van der Waals surface area contributed by atoms with Crippen LogP contribution in [0.1, 0.15) is 52.5 Å². The predicted octanol–water partition coefficient (Wildman–Crippen LogP) is 5.37. The monoisotopic (exact) mass is 370 g/mol. The summed E-state index contributed by atoms with van der Waals surface area (Å²) in [7, 11) is 0. The van der Waals surface area contributed by atoms with Gasteiger partial charge in [0, 0.05) is 37.9 Å². The van der Waals surface area contributed by atoms with Crippen molar-refractivity contribution in [2.24, 2.45) is 5.92 Å². The minimum atomic E-state index is -0.164. The third-order valence-corrected chi connectivity index (χ3v) is 6.11. The fraction of sp³-hybridized carbons (Fsp3) is 0.583. The van der Waals surface area contributed by atoms with E-state index in [1.54, 1.807) is 12.1 Å².